The third-order valence-corrected chi connectivity index (χ3v) is 6.04. The number of carbonyl (C=O) groups is 1. The fourth-order valence-corrected chi connectivity index (χ4v) is 4.06. The lowest BCUT2D eigenvalue weighted by Gasteiger charge is -2.10. The smallest absolute Gasteiger partial charge is 0.229 e. The van der Waals surface area contributed by atoms with Crippen LogP contribution in [0.15, 0.2) is 49.2 Å². The number of nitrogen functional groups attached to an aromatic ring is 1. The highest BCUT2D eigenvalue weighted by molar-refractivity contribution is 5.98. The molecule has 0 spiro atoms. The van der Waals surface area contributed by atoms with Crippen LogP contribution in [-0.2, 0) is 16.1 Å². The number of anilines is 2. The summed E-state index contributed by atoms with van der Waals surface area (Å²) >= 11 is 0. The minimum Gasteiger partial charge on any atom is -0.383 e. The van der Waals surface area contributed by atoms with Crippen molar-refractivity contribution in [1.82, 2.24) is 24.7 Å². The molecule has 5 rings (SSSR count). The van der Waals surface area contributed by atoms with Crippen molar-refractivity contribution in [1.29, 1.82) is 0 Å². The average Bonchev–Trinajstić information content (AvgIpc) is 3.48. The van der Waals surface area contributed by atoms with Crippen LogP contribution in [0.25, 0.3) is 22.0 Å². The molecule has 4 aromatic heterocycles. The van der Waals surface area contributed by atoms with E-state index in [1.165, 1.54) is 0 Å². The molecule has 1 saturated carbocycles. The number of nitrogens with two attached hydrogens (primary N) is 1. The summed E-state index contributed by atoms with van der Waals surface area (Å²) in [6, 6.07) is 5.71. The molecule has 33 heavy (non-hydrogen) atoms. The summed E-state index contributed by atoms with van der Waals surface area (Å²) in [6.07, 6.45) is 9.80. The number of methoxy groups -OCH3 is 1. The number of aryl methyl sites for hydroxylation is 1. The number of amides is 1. The van der Waals surface area contributed by atoms with Crippen LogP contribution in [0.4, 0.5) is 11.6 Å². The van der Waals surface area contributed by atoms with E-state index in [1.54, 1.807) is 25.7 Å². The fourth-order valence-electron chi connectivity index (χ4n) is 4.06. The first-order valence-corrected chi connectivity index (χ1v) is 10.8. The zero-order valence-electron chi connectivity index (χ0n) is 18.5. The van der Waals surface area contributed by atoms with Crippen LogP contribution < -0.4 is 11.1 Å². The van der Waals surface area contributed by atoms with Gasteiger partial charge in [0.1, 0.15) is 11.6 Å². The highest BCUT2D eigenvalue weighted by Crippen LogP contribution is 2.47. The summed E-state index contributed by atoms with van der Waals surface area (Å²) in [6.45, 7) is 3.30. The molecule has 1 aliphatic rings. The molecule has 0 bridgehead atoms. The molecule has 4 aromatic rings. The Morgan fingerprint density at radius 1 is 1.30 bits per heavy atom. The van der Waals surface area contributed by atoms with Crippen LogP contribution in [0.5, 0.6) is 0 Å². The number of hydrogen-bond donors (Lipinski definition) is 2. The number of rotatable bonds is 7. The lowest BCUT2D eigenvalue weighted by atomic mass is 10.1. The van der Waals surface area contributed by atoms with Gasteiger partial charge in [0.2, 0.25) is 5.91 Å². The van der Waals surface area contributed by atoms with Gasteiger partial charge in [0.15, 0.2) is 0 Å². The van der Waals surface area contributed by atoms with Crippen molar-refractivity contribution in [2.24, 2.45) is 5.92 Å². The van der Waals surface area contributed by atoms with Gasteiger partial charge in [-0.25, -0.2) is 9.97 Å². The van der Waals surface area contributed by atoms with Crippen molar-refractivity contribution in [2.45, 2.75) is 25.8 Å². The standard InChI is InChI=1S/C24H25N7O2/c1-14-3-4-26-11-19(14)21-7-15-8-22(27-12-20(15)23(25)29-21)30-24(32)18-9-17(18)16-10-28-31(13-16)5-6-33-2/h3-4,7-8,10-13,17-18H,5-6,9H2,1-2H3,(H2,25,29)(H,27,30,32)/t17-,18+/m1/s1. The van der Waals surface area contributed by atoms with E-state index in [1.807, 2.05) is 42.2 Å². The van der Waals surface area contributed by atoms with E-state index in [9.17, 15) is 4.79 Å². The predicted octanol–water partition coefficient (Wildman–Crippen LogP) is 3.17. The lowest BCUT2D eigenvalue weighted by molar-refractivity contribution is -0.117. The Labute approximate surface area is 191 Å². The van der Waals surface area contributed by atoms with Crippen LogP contribution in [-0.4, -0.2) is 44.4 Å². The first-order chi connectivity index (χ1) is 16.0. The molecule has 1 amide bonds. The summed E-state index contributed by atoms with van der Waals surface area (Å²) in [5.41, 5.74) is 9.99. The third kappa shape index (κ3) is 4.27. The molecule has 9 nitrogen and oxygen atoms in total. The molecule has 0 aliphatic heterocycles. The molecule has 3 N–H and O–H groups in total. The molecule has 0 radical (unpaired) electrons. The van der Waals surface area contributed by atoms with Crippen LogP contribution in [0.1, 0.15) is 23.5 Å². The first kappa shape index (κ1) is 21.0. The maximum absolute atomic E-state index is 12.8. The Bertz CT molecular complexity index is 1330. The molecular weight excluding hydrogens is 418 g/mol. The molecule has 1 aliphatic carbocycles. The maximum atomic E-state index is 12.8. The van der Waals surface area contributed by atoms with Gasteiger partial charge in [0, 0.05) is 48.8 Å². The summed E-state index contributed by atoms with van der Waals surface area (Å²) in [4.78, 5) is 25.9. The Morgan fingerprint density at radius 3 is 3.00 bits per heavy atom. The molecule has 9 heteroatoms. The van der Waals surface area contributed by atoms with Gasteiger partial charge >= 0.3 is 0 Å². The van der Waals surface area contributed by atoms with Crippen molar-refractivity contribution in [3.8, 4) is 11.3 Å². The third-order valence-electron chi connectivity index (χ3n) is 6.04. The summed E-state index contributed by atoms with van der Waals surface area (Å²) in [5, 5.41) is 8.90. The number of fused-ring (bicyclic) bond motifs is 1. The van der Waals surface area contributed by atoms with Crippen molar-refractivity contribution in [3.05, 3.63) is 60.3 Å². The largest absolute Gasteiger partial charge is 0.383 e. The first-order valence-electron chi connectivity index (χ1n) is 10.8. The van der Waals surface area contributed by atoms with Gasteiger partial charge in [-0.15, -0.1) is 0 Å². The lowest BCUT2D eigenvalue weighted by Crippen LogP contribution is -2.15. The van der Waals surface area contributed by atoms with Gasteiger partial charge < -0.3 is 15.8 Å². The Balaban J connectivity index is 1.32. The van der Waals surface area contributed by atoms with Gasteiger partial charge in [-0.05, 0) is 54.0 Å². The number of aromatic nitrogens is 5. The van der Waals surface area contributed by atoms with Gasteiger partial charge in [-0.3, -0.25) is 14.5 Å². The summed E-state index contributed by atoms with van der Waals surface area (Å²) in [7, 11) is 1.66. The molecule has 0 aromatic carbocycles. The number of ether oxygens (including phenoxy) is 1. The molecule has 0 unspecified atom stereocenters. The molecule has 4 heterocycles. The number of pyridine rings is 3. The Hall–Kier alpha value is -3.85. The zero-order valence-corrected chi connectivity index (χ0v) is 18.5. The topological polar surface area (TPSA) is 121 Å². The number of nitrogens with one attached hydrogen (secondary N) is 1. The maximum Gasteiger partial charge on any atom is 0.229 e. The Morgan fingerprint density at radius 2 is 2.18 bits per heavy atom. The summed E-state index contributed by atoms with van der Waals surface area (Å²) in [5.74, 6) is 0.944. The molecule has 1 fully saturated rings. The van der Waals surface area contributed by atoms with Crippen molar-refractivity contribution >= 4 is 28.3 Å². The van der Waals surface area contributed by atoms with E-state index in [-0.39, 0.29) is 17.7 Å². The van der Waals surface area contributed by atoms with E-state index in [2.05, 4.69) is 25.4 Å². The molecule has 0 saturated heterocycles. The molecule has 2 atom stereocenters. The van der Waals surface area contributed by atoms with Crippen LogP contribution in [0, 0.1) is 12.8 Å². The van der Waals surface area contributed by atoms with Crippen molar-refractivity contribution in [3.63, 3.8) is 0 Å². The summed E-state index contributed by atoms with van der Waals surface area (Å²) < 4.78 is 6.93. The number of nitrogens with zero attached hydrogens (tertiary/aromatic N) is 5. The monoisotopic (exact) mass is 443 g/mol. The average molecular weight is 444 g/mol. The number of hydrogen-bond acceptors (Lipinski definition) is 7. The predicted molar refractivity (Wildman–Crippen MR) is 125 cm³/mol. The van der Waals surface area contributed by atoms with Gasteiger partial charge in [-0.1, -0.05) is 0 Å². The van der Waals surface area contributed by atoms with Crippen LogP contribution >= 0.6 is 0 Å². The van der Waals surface area contributed by atoms with E-state index < -0.39 is 0 Å². The van der Waals surface area contributed by atoms with Crippen molar-refractivity contribution in [2.75, 3.05) is 24.8 Å². The SMILES string of the molecule is COCCn1cc([C@H]2C[C@@H]2C(=O)Nc2cc3cc(-c4cnccc4C)nc(N)c3cn2)cn1. The van der Waals surface area contributed by atoms with E-state index in [0.717, 1.165) is 39.6 Å². The van der Waals surface area contributed by atoms with Gasteiger partial charge in [-0.2, -0.15) is 5.10 Å². The Kier molecular flexibility index (Phi) is 5.47. The minimum atomic E-state index is -0.0846. The number of carbonyl (C=O) groups excluding carboxylic acids is 1. The molecule has 168 valence electrons. The highest BCUT2D eigenvalue weighted by Gasteiger charge is 2.44. The minimum absolute atomic E-state index is 0.0400. The van der Waals surface area contributed by atoms with E-state index in [4.69, 9.17) is 10.5 Å². The second-order valence-electron chi connectivity index (χ2n) is 8.34. The van der Waals surface area contributed by atoms with Gasteiger partial charge in [0.05, 0.1) is 25.0 Å². The normalized spacial score (nSPS) is 17.3. The fraction of sp³-hybridized carbons (Fsp3) is 0.292. The van der Waals surface area contributed by atoms with Crippen LogP contribution in [0.2, 0.25) is 0 Å². The quantitative estimate of drug-likeness (QED) is 0.450. The zero-order chi connectivity index (χ0) is 22.9. The van der Waals surface area contributed by atoms with E-state index in [0.29, 0.717) is 24.8 Å². The van der Waals surface area contributed by atoms with E-state index >= 15 is 0 Å². The van der Waals surface area contributed by atoms with Crippen LogP contribution in [0.3, 0.4) is 0 Å². The second-order valence-corrected chi connectivity index (χ2v) is 8.34. The highest BCUT2D eigenvalue weighted by atomic mass is 16.5. The molecular formula is C24H25N7O2. The van der Waals surface area contributed by atoms with Gasteiger partial charge in [0.25, 0.3) is 0 Å². The second kappa shape index (κ2) is 8.59. The van der Waals surface area contributed by atoms with Crippen molar-refractivity contribution < 1.29 is 9.53 Å².